The monoisotopic (exact) mass is 437 g/mol. The number of pyridine rings is 2. The van der Waals surface area contributed by atoms with Gasteiger partial charge in [-0.05, 0) is 25.0 Å². The second-order valence-electron chi connectivity index (χ2n) is 8.07. The first-order valence-corrected chi connectivity index (χ1v) is 10.6. The maximum absolute atomic E-state index is 15.3. The Balaban J connectivity index is 1.75. The Labute approximate surface area is 185 Å². The van der Waals surface area contributed by atoms with Crippen LogP contribution in [0.25, 0.3) is 22.4 Å². The fourth-order valence-electron chi connectivity index (χ4n) is 3.83. The number of hydrogen-bond acceptors (Lipinski definition) is 4. The summed E-state index contributed by atoms with van der Waals surface area (Å²) in [5.41, 5.74) is 3.88. The number of aromatic nitrogens is 4. The Morgan fingerprint density at radius 2 is 2.03 bits per heavy atom. The zero-order valence-corrected chi connectivity index (χ0v) is 18.2. The molecule has 0 aliphatic carbocycles. The largest absolute Gasteiger partial charge is 0.336 e. The van der Waals surface area contributed by atoms with Crippen LogP contribution in [0, 0.1) is 5.95 Å². The zero-order valence-electron chi connectivity index (χ0n) is 18.2. The first kappa shape index (κ1) is 21.8. The molecule has 4 heterocycles. The molecule has 0 aromatic carbocycles. The van der Waals surface area contributed by atoms with E-state index >= 15 is 4.39 Å². The average Bonchev–Trinajstić information content (AvgIpc) is 3.30. The van der Waals surface area contributed by atoms with Crippen LogP contribution in [0.5, 0.6) is 0 Å². The van der Waals surface area contributed by atoms with Gasteiger partial charge in [-0.3, -0.25) is 9.78 Å². The molecular formula is C24H25F2N5O. The normalized spacial score (nSPS) is 13.0. The third-order valence-corrected chi connectivity index (χ3v) is 5.62. The van der Waals surface area contributed by atoms with Gasteiger partial charge in [-0.1, -0.05) is 31.6 Å². The van der Waals surface area contributed by atoms with Crippen molar-refractivity contribution < 1.29 is 13.6 Å². The molecule has 0 radical (unpaired) electrons. The van der Waals surface area contributed by atoms with E-state index in [1.54, 1.807) is 30.3 Å². The van der Waals surface area contributed by atoms with Crippen molar-refractivity contribution in [3.05, 3.63) is 65.6 Å². The molecule has 0 spiro atoms. The number of fused-ring (bicyclic) bond motifs is 1. The second-order valence-corrected chi connectivity index (χ2v) is 8.07. The molecule has 1 amide bonds. The average molecular weight is 437 g/mol. The van der Waals surface area contributed by atoms with Gasteiger partial charge in [0.2, 0.25) is 5.95 Å². The minimum Gasteiger partial charge on any atom is -0.336 e. The molecular weight excluding hydrogens is 412 g/mol. The molecule has 0 fully saturated rings. The number of carbonyl (C=O) groups excluding carboxylic acids is 1. The highest BCUT2D eigenvalue weighted by Gasteiger charge is 2.27. The predicted octanol–water partition coefficient (Wildman–Crippen LogP) is 4.95. The van der Waals surface area contributed by atoms with Crippen molar-refractivity contribution in [2.24, 2.45) is 0 Å². The fraction of sp³-hybridized carbons (Fsp3) is 0.333. The molecule has 32 heavy (non-hydrogen) atoms. The van der Waals surface area contributed by atoms with Crippen LogP contribution < -0.4 is 0 Å². The second kappa shape index (κ2) is 8.98. The minimum absolute atomic E-state index is 0.137. The van der Waals surface area contributed by atoms with Crippen LogP contribution in [0.3, 0.4) is 0 Å². The number of alkyl halides is 1. The van der Waals surface area contributed by atoms with Crippen molar-refractivity contribution in [2.45, 2.75) is 46.0 Å². The number of allylic oxidation sites excluding steroid dienone is 1. The van der Waals surface area contributed by atoms with Crippen LogP contribution in [-0.4, -0.2) is 37.6 Å². The maximum atomic E-state index is 15.3. The zero-order chi connectivity index (χ0) is 22.8. The van der Waals surface area contributed by atoms with Gasteiger partial charge in [0.25, 0.3) is 5.91 Å². The highest BCUT2D eigenvalue weighted by molar-refractivity contribution is 5.99. The molecule has 0 bridgehead atoms. The molecule has 8 heteroatoms. The van der Waals surface area contributed by atoms with E-state index in [1.807, 2.05) is 0 Å². The van der Waals surface area contributed by atoms with Gasteiger partial charge in [0.05, 0.1) is 47.5 Å². The first-order valence-electron chi connectivity index (χ1n) is 10.6. The van der Waals surface area contributed by atoms with Crippen molar-refractivity contribution in [1.82, 2.24) is 24.6 Å². The summed E-state index contributed by atoms with van der Waals surface area (Å²) in [7, 11) is 1.70. The third-order valence-electron chi connectivity index (χ3n) is 5.62. The summed E-state index contributed by atoms with van der Waals surface area (Å²) in [6.07, 6.45) is 5.87. The number of amides is 1. The highest BCUT2D eigenvalue weighted by atomic mass is 19.1. The molecule has 4 rings (SSSR count). The smallest absolute Gasteiger partial charge is 0.255 e. The third kappa shape index (κ3) is 4.04. The molecule has 0 saturated heterocycles. The van der Waals surface area contributed by atoms with Crippen LogP contribution in [0.4, 0.5) is 8.78 Å². The number of rotatable bonds is 8. The summed E-state index contributed by atoms with van der Waals surface area (Å²) >= 11 is 0. The summed E-state index contributed by atoms with van der Waals surface area (Å²) in [6, 6.07) is 4.85. The lowest BCUT2D eigenvalue weighted by Crippen LogP contribution is -2.17. The molecule has 166 valence electrons. The number of unbranched alkanes of at least 4 members (excludes halogenated alkanes) is 1. The van der Waals surface area contributed by atoms with Gasteiger partial charge >= 0.3 is 0 Å². The van der Waals surface area contributed by atoms with Crippen molar-refractivity contribution in [2.75, 3.05) is 7.05 Å². The molecule has 0 saturated carbocycles. The fourth-order valence-corrected chi connectivity index (χ4v) is 3.83. The van der Waals surface area contributed by atoms with E-state index in [2.05, 4.69) is 28.6 Å². The van der Waals surface area contributed by atoms with E-state index < -0.39 is 12.6 Å². The Hall–Kier alpha value is -3.42. The lowest BCUT2D eigenvalue weighted by molar-refractivity contribution is 0.0816. The molecule has 3 aromatic rings. The van der Waals surface area contributed by atoms with Gasteiger partial charge in [-0.25, -0.2) is 14.1 Å². The molecule has 1 aliphatic rings. The van der Waals surface area contributed by atoms with Crippen molar-refractivity contribution in [3.8, 4) is 22.4 Å². The predicted molar refractivity (Wildman–Crippen MR) is 118 cm³/mol. The Morgan fingerprint density at radius 1 is 1.22 bits per heavy atom. The number of hydrogen-bond donors (Lipinski definition) is 0. The summed E-state index contributed by atoms with van der Waals surface area (Å²) in [6.45, 7) is 6.08. The minimum atomic E-state index is -0.758. The number of carbonyl (C=O) groups is 1. The van der Waals surface area contributed by atoms with Gasteiger partial charge < -0.3 is 4.90 Å². The van der Waals surface area contributed by atoms with Crippen LogP contribution in [-0.2, 0) is 19.8 Å². The standard InChI is InChI=1S/C24H25F2N5O/c1-4-5-6-15(2)13-31-23(26)20(12-28-31)18-8-7-17(10-25)29-22(18)16-9-19-21(27-11-16)14-30(3)24(19)32/h7-9,11-12H,2,4-6,10,13-14H2,1,3H3. The lowest BCUT2D eigenvalue weighted by atomic mass is 10.0. The first-order chi connectivity index (χ1) is 15.4. The number of nitrogens with zero attached hydrogens (tertiary/aromatic N) is 5. The van der Waals surface area contributed by atoms with Gasteiger partial charge in [0, 0.05) is 24.4 Å². The van der Waals surface area contributed by atoms with E-state index in [-0.39, 0.29) is 17.2 Å². The molecule has 0 atom stereocenters. The van der Waals surface area contributed by atoms with Gasteiger partial charge in [0.1, 0.15) is 6.67 Å². The molecule has 3 aromatic heterocycles. The highest BCUT2D eigenvalue weighted by Crippen LogP contribution is 2.34. The van der Waals surface area contributed by atoms with E-state index in [9.17, 15) is 9.18 Å². The van der Waals surface area contributed by atoms with Gasteiger partial charge in [-0.2, -0.15) is 9.49 Å². The SMILES string of the molecule is C=C(CCCC)Cn1ncc(-c2ccc(CF)nc2-c2cnc3c(c2)C(=O)N(C)C3)c1F. The Bertz CT molecular complexity index is 1190. The summed E-state index contributed by atoms with van der Waals surface area (Å²) in [5, 5.41) is 4.20. The molecule has 0 unspecified atom stereocenters. The summed E-state index contributed by atoms with van der Waals surface area (Å²) in [4.78, 5) is 22.8. The Kier molecular flexibility index (Phi) is 6.12. The van der Waals surface area contributed by atoms with Gasteiger partial charge in [0.15, 0.2) is 0 Å². The lowest BCUT2D eigenvalue weighted by Gasteiger charge is -2.11. The van der Waals surface area contributed by atoms with Crippen molar-refractivity contribution >= 4 is 5.91 Å². The van der Waals surface area contributed by atoms with Crippen LogP contribution in [0.2, 0.25) is 0 Å². The number of halogens is 2. The quantitative estimate of drug-likeness (QED) is 0.468. The van der Waals surface area contributed by atoms with E-state index in [4.69, 9.17) is 0 Å². The summed E-state index contributed by atoms with van der Waals surface area (Å²) in [5.74, 6) is -0.647. The van der Waals surface area contributed by atoms with Gasteiger partial charge in [-0.15, -0.1) is 0 Å². The molecule has 6 nitrogen and oxygen atoms in total. The van der Waals surface area contributed by atoms with Crippen molar-refractivity contribution in [1.29, 1.82) is 0 Å². The van der Waals surface area contributed by atoms with Crippen LogP contribution in [0.15, 0.2) is 42.7 Å². The topological polar surface area (TPSA) is 63.9 Å². The van der Waals surface area contributed by atoms with E-state index in [0.29, 0.717) is 41.2 Å². The Morgan fingerprint density at radius 3 is 2.78 bits per heavy atom. The van der Waals surface area contributed by atoms with Crippen molar-refractivity contribution in [3.63, 3.8) is 0 Å². The van der Waals surface area contributed by atoms with E-state index in [0.717, 1.165) is 24.8 Å². The van der Waals surface area contributed by atoms with Crippen LogP contribution >= 0.6 is 0 Å². The molecule has 1 aliphatic heterocycles. The van der Waals surface area contributed by atoms with Crippen LogP contribution in [0.1, 0.15) is 47.9 Å². The molecule has 0 N–H and O–H groups in total. The maximum Gasteiger partial charge on any atom is 0.255 e. The van der Waals surface area contributed by atoms with E-state index in [1.165, 1.54) is 16.9 Å². The summed E-state index contributed by atoms with van der Waals surface area (Å²) < 4.78 is 29.9.